The van der Waals surface area contributed by atoms with Gasteiger partial charge in [-0.2, -0.15) is 5.10 Å². The van der Waals surface area contributed by atoms with Crippen molar-refractivity contribution in [1.82, 2.24) is 15.2 Å². The molecule has 0 radical (unpaired) electrons. The Kier molecular flexibility index (Phi) is 4.38. The van der Waals surface area contributed by atoms with Crippen LogP contribution in [0.3, 0.4) is 0 Å². The Morgan fingerprint density at radius 2 is 1.78 bits per heavy atom. The molecule has 1 N–H and O–H groups in total. The maximum absolute atomic E-state index is 4.55. The second-order valence-corrected chi connectivity index (χ2v) is 6.02. The molecule has 0 aliphatic rings. The van der Waals surface area contributed by atoms with Crippen molar-refractivity contribution in [3.05, 3.63) is 89.5 Å². The molecule has 0 unspecified atom stereocenters. The minimum absolute atomic E-state index is 0.337. The third kappa shape index (κ3) is 3.57. The lowest BCUT2D eigenvalue weighted by molar-refractivity contribution is 0.780. The van der Waals surface area contributed by atoms with Crippen molar-refractivity contribution in [2.45, 2.75) is 26.2 Å². The fourth-order valence-electron chi connectivity index (χ4n) is 2.52. The fraction of sp³-hybridized carbons (Fsp3) is 0.200. The van der Waals surface area contributed by atoms with Crippen LogP contribution in [0.15, 0.2) is 61.2 Å². The van der Waals surface area contributed by atoms with Crippen LogP contribution >= 0.6 is 0 Å². The normalized spacial score (nSPS) is 10.9. The number of aromatic nitrogens is 3. The monoisotopic (exact) mass is 303 g/mol. The molecule has 0 aliphatic carbocycles. The van der Waals surface area contributed by atoms with Gasteiger partial charge in [0.15, 0.2) is 5.82 Å². The maximum atomic E-state index is 4.55. The summed E-state index contributed by atoms with van der Waals surface area (Å²) in [5, 5.41) is 7.30. The van der Waals surface area contributed by atoms with Crippen LogP contribution in [0.1, 0.15) is 48.1 Å². The summed E-state index contributed by atoms with van der Waals surface area (Å²) < 4.78 is 0. The first-order chi connectivity index (χ1) is 11.1. The minimum atomic E-state index is 0.337. The number of H-pyrrole nitrogens is 1. The molecule has 0 saturated carbocycles. The molecule has 0 aliphatic heterocycles. The molecule has 3 heteroatoms. The van der Waals surface area contributed by atoms with Gasteiger partial charge in [-0.1, -0.05) is 75.0 Å². The highest BCUT2D eigenvalue weighted by Crippen LogP contribution is 2.22. The van der Waals surface area contributed by atoms with Gasteiger partial charge in [-0.15, -0.1) is 0 Å². The highest BCUT2D eigenvalue weighted by atomic mass is 15.2. The van der Waals surface area contributed by atoms with E-state index in [-0.39, 0.29) is 0 Å². The first kappa shape index (κ1) is 15.2. The summed E-state index contributed by atoms with van der Waals surface area (Å²) in [6, 6.07) is 18.7. The standard InChI is InChI=1S/C20H21N3/c1-14(2)20-21-19(22-23-20)13-16-8-7-11-18(12-16)15(3)17-9-5-4-6-10-17/h4-12,14H,3,13H2,1-2H3,(H,21,22,23). The Bertz CT molecular complexity index is 801. The van der Waals surface area contributed by atoms with Crippen LogP contribution < -0.4 is 0 Å². The molecular formula is C20H21N3. The van der Waals surface area contributed by atoms with Crippen LogP contribution in [0.25, 0.3) is 5.57 Å². The van der Waals surface area contributed by atoms with Crippen molar-refractivity contribution in [2.75, 3.05) is 0 Å². The zero-order chi connectivity index (χ0) is 16.2. The summed E-state index contributed by atoms with van der Waals surface area (Å²) in [4.78, 5) is 4.55. The molecule has 0 fully saturated rings. The Hall–Kier alpha value is -2.68. The molecule has 0 saturated heterocycles. The first-order valence-corrected chi connectivity index (χ1v) is 7.88. The van der Waals surface area contributed by atoms with Gasteiger partial charge in [0.2, 0.25) is 0 Å². The second kappa shape index (κ2) is 6.61. The molecule has 3 aromatic rings. The molecule has 1 heterocycles. The summed E-state index contributed by atoms with van der Waals surface area (Å²) in [7, 11) is 0. The summed E-state index contributed by atoms with van der Waals surface area (Å²) >= 11 is 0. The number of rotatable bonds is 5. The first-order valence-electron chi connectivity index (χ1n) is 7.88. The van der Waals surface area contributed by atoms with Gasteiger partial charge in [0, 0.05) is 12.3 Å². The molecule has 0 spiro atoms. The molecule has 116 valence electrons. The van der Waals surface area contributed by atoms with E-state index in [2.05, 4.69) is 72.0 Å². The van der Waals surface area contributed by atoms with Crippen molar-refractivity contribution in [1.29, 1.82) is 0 Å². The summed E-state index contributed by atoms with van der Waals surface area (Å²) in [5.41, 5.74) is 4.52. The predicted molar refractivity (Wildman–Crippen MR) is 94.3 cm³/mol. The van der Waals surface area contributed by atoms with Gasteiger partial charge < -0.3 is 0 Å². The van der Waals surface area contributed by atoms with Crippen LogP contribution in [0.2, 0.25) is 0 Å². The van der Waals surface area contributed by atoms with E-state index in [4.69, 9.17) is 0 Å². The Balaban J connectivity index is 1.81. The predicted octanol–water partition coefficient (Wildman–Crippen LogP) is 4.58. The van der Waals surface area contributed by atoms with Gasteiger partial charge in [-0.05, 0) is 22.3 Å². The number of nitrogens with zero attached hydrogens (tertiary/aromatic N) is 2. The van der Waals surface area contributed by atoms with Crippen LogP contribution in [-0.4, -0.2) is 15.2 Å². The second-order valence-electron chi connectivity index (χ2n) is 6.02. The van der Waals surface area contributed by atoms with E-state index in [1.165, 1.54) is 5.56 Å². The zero-order valence-electron chi connectivity index (χ0n) is 13.6. The molecule has 3 nitrogen and oxygen atoms in total. The Morgan fingerprint density at radius 1 is 1.04 bits per heavy atom. The lowest BCUT2D eigenvalue weighted by Crippen LogP contribution is -1.94. The van der Waals surface area contributed by atoms with Crippen LogP contribution in [0.5, 0.6) is 0 Å². The minimum Gasteiger partial charge on any atom is -0.263 e. The van der Waals surface area contributed by atoms with E-state index in [9.17, 15) is 0 Å². The van der Waals surface area contributed by atoms with E-state index >= 15 is 0 Å². The van der Waals surface area contributed by atoms with Gasteiger partial charge in [-0.3, -0.25) is 5.10 Å². The van der Waals surface area contributed by atoms with Crippen LogP contribution in [-0.2, 0) is 6.42 Å². The topological polar surface area (TPSA) is 41.6 Å². The van der Waals surface area contributed by atoms with Crippen molar-refractivity contribution >= 4 is 5.57 Å². The maximum Gasteiger partial charge on any atom is 0.153 e. The number of hydrogen-bond donors (Lipinski definition) is 1. The van der Waals surface area contributed by atoms with Gasteiger partial charge >= 0.3 is 0 Å². The van der Waals surface area contributed by atoms with Crippen LogP contribution in [0, 0.1) is 0 Å². The molecule has 0 amide bonds. The van der Waals surface area contributed by atoms with Gasteiger partial charge in [0.25, 0.3) is 0 Å². The van der Waals surface area contributed by atoms with E-state index in [0.717, 1.165) is 34.8 Å². The van der Waals surface area contributed by atoms with Crippen molar-refractivity contribution < 1.29 is 0 Å². The number of hydrogen-bond acceptors (Lipinski definition) is 2. The summed E-state index contributed by atoms with van der Waals surface area (Å²) in [6.07, 6.45) is 0.746. The van der Waals surface area contributed by atoms with Crippen LogP contribution in [0.4, 0.5) is 0 Å². The lowest BCUT2D eigenvalue weighted by Gasteiger charge is -2.08. The van der Waals surface area contributed by atoms with E-state index in [1.54, 1.807) is 0 Å². The van der Waals surface area contributed by atoms with Crippen molar-refractivity contribution in [2.24, 2.45) is 0 Å². The smallest absolute Gasteiger partial charge is 0.153 e. The summed E-state index contributed by atoms with van der Waals surface area (Å²) in [5.74, 6) is 2.10. The summed E-state index contributed by atoms with van der Waals surface area (Å²) in [6.45, 7) is 8.42. The Labute approximate surface area is 137 Å². The highest BCUT2D eigenvalue weighted by Gasteiger charge is 2.08. The third-order valence-electron chi connectivity index (χ3n) is 3.83. The fourth-order valence-corrected chi connectivity index (χ4v) is 2.52. The number of aromatic amines is 1. The molecule has 1 aromatic heterocycles. The molecule has 0 bridgehead atoms. The highest BCUT2D eigenvalue weighted by molar-refractivity contribution is 5.78. The number of benzene rings is 2. The molecule has 2 aromatic carbocycles. The van der Waals surface area contributed by atoms with Gasteiger partial charge in [-0.25, -0.2) is 4.98 Å². The molecule has 0 atom stereocenters. The van der Waals surface area contributed by atoms with Gasteiger partial charge in [0.05, 0.1) is 0 Å². The third-order valence-corrected chi connectivity index (χ3v) is 3.83. The average Bonchev–Trinajstić information content (AvgIpc) is 3.04. The van der Waals surface area contributed by atoms with E-state index in [0.29, 0.717) is 5.92 Å². The van der Waals surface area contributed by atoms with E-state index < -0.39 is 0 Å². The zero-order valence-corrected chi connectivity index (χ0v) is 13.6. The largest absolute Gasteiger partial charge is 0.263 e. The average molecular weight is 303 g/mol. The Morgan fingerprint density at radius 3 is 2.48 bits per heavy atom. The van der Waals surface area contributed by atoms with E-state index in [1.807, 2.05) is 18.2 Å². The lowest BCUT2D eigenvalue weighted by atomic mass is 9.97. The van der Waals surface area contributed by atoms with Crippen molar-refractivity contribution in [3.63, 3.8) is 0 Å². The quantitative estimate of drug-likeness (QED) is 0.749. The van der Waals surface area contributed by atoms with Crippen molar-refractivity contribution in [3.8, 4) is 0 Å². The molecule has 23 heavy (non-hydrogen) atoms. The molecule has 3 rings (SSSR count). The van der Waals surface area contributed by atoms with Gasteiger partial charge in [0.1, 0.15) is 5.82 Å². The number of nitrogens with one attached hydrogen (secondary N) is 1. The SMILES string of the molecule is C=C(c1ccccc1)c1cccc(Cc2nc(C(C)C)n[nH]2)c1. The molecular weight excluding hydrogens is 282 g/mol.